The number of anilines is 3. The Bertz CT molecular complexity index is 1570. The molecule has 7 heteroatoms. The summed E-state index contributed by atoms with van der Waals surface area (Å²) in [5.41, 5.74) is 6.38. The van der Waals surface area contributed by atoms with Gasteiger partial charge in [0.25, 0.3) is 0 Å². The van der Waals surface area contributed by atoms with Gasteiger partial charge in [0.15, 0.2) is 11.6 Å². The Kier molecular flexibility index (Phi) is 14.8. The summed E-state index contributed by atoms with van der Waals surface area (Å²) in [5, 5.41) is 0. The van der Waals surface area contributed by atoms with Crippen molar-refractivity contribution in [3.05, 3.63) is 125 Å². The van der Waals surface area contributed by atoms with Gasteiger partial charge in [-0.2, -0.15) is 0 Å². The lowest BCUT2D eigenvalue weighted by atomic mass is 9.80. The third-order valence-corrected chi connectivity index (χ3v) is 10.2. The maximum Gasteiger partial charge on any atom is 0.193 e. The van der Waals surface area contributed by atoms with Crippen LogP contribution in [0.25, 0.3) is 0 Å². The molecule has 272 valence electrons. The molecule has 1 saturated heterocycles. The molecule has 7 nitrogen and oxygen atoms in total. The molecule has 0 aromatic heterocycles. The molecule has 0 radical (unpaired) electrons. The normalized spacial score (nSPS) is 13.9. The average Bonchev–Trinajstić information content (AvgIpc) is 3.19. The maximum atomic E-state index is 13.6. The van der Waals surface area contributed by atoms with Crippen molar-refractivity contribution in [1.29, 1.82) is 0 Å². The number of ether oxygens (including phenoxy) is 1. The first-order valence-electron chi connectivity index (χ1n) is 18.6. The zero-order chi connectivity index (χ0) is 36.8. The lowest BCUT2D eigenvalue weighted by Gasteiger charge is -2.38. The molecule has 4 aromatic carbocycles. The van der Waals surface area contributed by atoms with Crippen LogP contribution in [0.4, 0.5) is 17.1 Å². The third-order valence-electron chi connectivity index (χ3n) is 10.2. The standard InChI is InChI=1S/C23H30N2O2.C21H28N2O/c1-4-23(24(2)3,18-19-8-6-5-7-9-19)22(26)20-10-12-21(13-11-20)25-14-16-27-17-15-25;1-5-22(6-2)19-13-9-17(10-14-19)21(24)18-11-15-20(16-12-18)23(7-3)8-4/h5-13H,4,14-18H2,1-3H3;9-16H,5-8H2,1-4H3. The molecule has 0 amide bonds. The maximum absolute atomic E-state index is 13.6. The smallest absolute Gasteiger partial charge is 0.193 e. The van der Waals surface area contributed by atoms with Crippen molar-refractivity contribution in [3.63, 3.8) is 0 Å². The first-order valence-corrected chi connectivity index (χ1v) is 18.6. The van der Waals surface area contributed by atoms with E-state index in [0.717, 1.165) is 92.7 Å². The second-order valence-electron chi connectivity index (χ2n) is 13.2. The summed E-state index contributed by atoms with van der Waals surface area (Å²) >= 11 is 0. The van der Waals surface area contributed by atoms with Crippen molar-refractivity contribution >= 4 is 28.6 Å². The molecule has 1 aliphatic heterocycles. The molecular formula is C44H58N4O3. The average molecular weight is 691 g/mol. The number of likely N-dealkylation sites (N-methyl/N-ethyl adjacent to an activating group) is 1. The zero-order valence-electron chi connectivity index (χ0n) is 31.9. The van der Waals surface area contributed by atoms with Gasteiger partial charge >= 0.3 is 0 Å². The van der Waals surface area contributed by atoms with Gasteiger partial charge in [-0.05, 0) is 133 Å². The van der Waals surface area contributed by atoms with Crippen LogP contribution in [0, 0.1) is 0 Å². The Morgan fingerprint density at radius 3 is 1.49 bits per heavy atom. The van der Waals surface area contributed by atoms with Crippen molar-refractivity contribution < 1.29 is 14.3 Å². The molecule has 51 heavy (non-hydrogen) atoms. The van der Waals surface area contributed by atoms with Crippen LogP contribution in [0.3, 0.4) is 0 Å². The van der Waals surface area contributed by atoms with E-state index in [1.807, 2.05) is 93.0 Å². The predicted molar refractivity (Wildman–Crippen MR) is 214 cm³/mol. The second-order valence-corrected chi connectivity index (χ2v) is 13.2. The van der Waals surface area contributed by atoms with Gasteiger partial charge in [0, 0.05) is 73.0 Å². The van der Waals surface area contributed by atoms with Gasteiger partial charge in [-0.1, -0.05) is 37.3 Å². The summed E-state index contributed by atoms with van der Waals surface area (Å²) in [6, 6.07) is 34.2. The first kappa shape index (κ1) is 39.3. The molecule has 0 aliphatic carbocycles. The highest BCUT2D eigenvalue weighted by atomic mass is 16.5. The summed E-state index contributed by atoms with van der Waals surface area (Å²) in [7, 11) is 4.01. The fraction of sp³-hybridized carbons (Fsp3) is 0.409. The van der Waals surface area contributed by atoms with Crippen LogP contribution in [0.1, 0.15) is 72.9 Å². The van der Waals surface area contributed by atoms with Crippen LogP contribution >= 0.6 is 0 Å². The summed E-state index contributed by atoms with van der Waals surface area (Å²) in [6.45, 7) is 17.9. The number of Topliss-reactive ketones (excluding diaryl/α,β-unsaturated/α-hetero) is 1. The van der Waals surface area contributed by atoms with Crippen LogP contribution in [0.5, 0.6) is 0 Å². The van der Waals surface area contributed by atoms with Gasteiger partial charge in [0.1, 0.15) is 0 Å². The summed E-state index contributed by atoms with van der Waals surface area (Å²) < 4.78 is 5.42. The topological polar surface area (TPSA) is 56.3 Å². The molecule has 0 N–H and O–H groups in total. The van der Waals surface area contributed by atoms with Crippen LogP contribution in [0.15, 0.2) is 103 Å². The van der Waals surface area contributed by atoms with Crippen LogP contribution < -0.4 is 14.7 Å². The van der Waals surface area contributed by atoms with Gasteiger partial charge in [0.05, 0.1) is 18.8 Å². The second kappa shape index (κ2) is 19.2. The molecule has 1 fully saturated rings. The zero-order valence-corrected chi connectivity index (χ0v) is 31.9. The molecule has 1 aliphatic rings. The summed E-state index contributed by atoms with van der Waals surface area (Å²) in [4.78, 5) is 35.1. The Balaban J connectivity index is 0.000000230. The van der Waals surface area contributed by atoms with Crippen LogP contribution in [-0.2, 0) is 11.2 Å². The summed E-state index contributed by atoms with van der Waals surface area (Å²) in [6.07, 6.45) is 1.47. The monoisotopic (exact) mass is 690 g/mol. The third kappa shape index (κ3) is 9.87. The lowest BCUT2D eigenvalue weighted by Crippen LogP contribution is -2.52. The van der Waals surface area contributed by atoms with Crippen molar-refractivity contribution in [3.8, 4) is 0 Å². The number of carbonyl (C=O) groups is 2. The Morgan fingerprint density at radius 1 is 0.627 bits per heavy atom. The van der Waals surface area contributed by atoms with E-state index in [4.69, 9.17) is 4.74 Å². The number of carbonyl (C=O) groups excluding carboxylic acids is 2. The number of nitrogens with zero attached hydrogens (tertiary/aromatic N) is 4. The van der Waals surface area contributed by atoms with Gasteiger partial charge in [-0.3, -0.25) is 14.5 Å². The van der Waals surface area contributed by atoms with E-state index in [2.05, 4.69) is 78.5 Å². The minimum absolute atomic E-state index is 0.0761. The van der Waals surface area contributed by atoms with Gasteiger partial charge in [-0.25, -0.2) is 0 Å². The highest BCUT2D eigenvalue weighted by molar-refractivity contribution is 6.09. The van der Waals surface area contributed by atoms with Gasteiger partial charge in [-0.15, -0.1) is 0 Å². The van der Waals surface area contributed by atoms with E-state index in [9.17, 15) is 9.59 Å². The SMILES string of the molecule is CCC(Cc1ccccc1)(C(=O)c1ccc(N2CCOCC2)cc1)N(C)C.CCN(CC)c1ccc(C(=O)c2ccc(N(CC)CC)cc2)cc1. The molecule has 5 rings (SSSR count). The molecule has 1 unspecified atom stereocenters. The largest absolute Gasteiger partial charge is 0.378 e. The number of ketones is 2. The highest BCUT2D eigenvalue weighted by Gasteiger charge is 2.39. The van der Waals surface area contributed by atoms with Gasteiger partial charge in [0.2, 0.25) is 0 Å². The van der Waals surface area contributed by atoms with E-state index in [1.165, 1.54) is 5.56 Å². The Morgan fingerprint density at radius 2 is 1.08 bits per heavy atom. The van der Waals surface area contributed by atoms with Gasteiger partial charge < -0.3 is 19.4 Å². The summed E-state index contributed by atoms with van der Waals surface area (Å²) in [5.74, 6) is 0.263. The van der Waals surface area contributed by atoms with Crippen molar-refractivity contribution in [2.75, 3.05) is 81.3 Å². The Labute approximate surface area is 306 Å². The number of morpholine rings is 1. The van der Waals surface area contributed by atoms with Crippen molar-refractivity contribution in [2.45, 2.75) is 53.0 Å². The molecule has 1 atom stereocenters. The molecule has 4 aromatic rings. The quantitative estimate of drug-likeness (QED) is 0.116. The number of hydrogen-bond acceptors (Lipinski definition) is 7. The van der Waals surface area contributed by atoms with Crippen LogP contribution in [0.2, 0.25) is 0 Å². The highest BCUT2D eigenvalue weighted by Crippen LogP contribution is 2.29. The van der Waals surface area contributed by atoms with Crippen LogP contribution in [-0.4, -0.2) is 88.6 Å². The molecule has 1 heterocycles. The van der Waals surface area contributed by atoms with E-state index in [-0.39, 0.29) is 11.6 Å². The minimum Gasteiger partial charge on any atom is -0.378 e. The van der Waals surface area contributed by atoms with Crippen molar-refractivity contribution in [2.24, 2.45) is 0 Å². The first-order chi connectivity index (χ1) is 24.7. The predicted octanol–water partition coefficient (Wildman–Crippen LogP) is 8.27. The number of hydrogen-bond donors (Lipinski definition) is 0. The molecule has 0 spiro atoms. The fourth-order valence-electron chi connectivity index (χ4n) is 6.88. The molecule has 0 saturated carbocycles. The van der Waals surface area contributed by atoms with E-state index in [0.29, 0.717) is 6.42 Å². The lowest BCUT2D eigenvalue weighted by molar-refractivity contribution is 0.0666. The fourth-order valence-corrected chi connectivity index (χ4v) is 6.88. The number of rotatable bonds is 15. The van der Waals surface area contributed by atoms with E-state index < -0.39 is 5.54 Å². The molecule has 0 bridgehead atoms. The minimum atomic E-state index is -0.540. The van der Waals surface area contributed by atoms with Crippen molar-refractivity contribution in [1.82, 2.24) is 4.90 Å². The van der Waals surface area contributed by atoms with E-state index in [1.54, 1.807) is 0 Å². The Hall–Kier alpha value is -4.46. The molecular weight excluding hydrogens is 633 g/mol. The van der Waals surface area contributed by atoms with E-state index >= 15 is 0 Å². The number of benzene rings is 4.